The van der Waals surface area contributed by atoms with Crippen molar-refractivity contribution in [3.05, 3.63) is 81.2 Å². The highest BCUT2D eigenvalue weighted by Crippen LogP contribution is 2.30. The molecule has 0 aliphatic carbocycles. The van der Waals surface area contributed by atoms with Crippen LogP contribution in [0.15, 0.2) is 45.8 Å². The third kappa shape index (κ3) is 6.02. The van der Waals surface area contributed by atoms with Gasteiger partial charge in [-0.25, -0.2) is 8.42 Å². The average Bonchev–Trinajstić information content (AvgIpc) is 3.24. The standard InChI is InChI=1S/C29H35N3O4S/c1-19-8-10-24(11-9-19)17-30-29(33)25-7-6-14-32(18-25)37(34,35)28-23(5)31-36-27(28)13-12-26-21(3)15-20(2)16-22(26)4/h8-13,15-16,25H,6-7,14,17-18H2,1-5H3,(H,30,33)/b13-12+. The zero-order chi connectivity index (χ0) is 26.7. The van der Waals surface area contributed by atoms with Crippen molar-refractivity contribution < 1.29 is 17.7 Å². The molecule has 4 rings (SSSR count). The molecule has 1 N–H and O–H groups in total. The lowest BCUT2D eigenvalue weighted by Gasteiger charge is -2.31. The van der Waals surface area contributed by atoms with Crippen molar-refractivity contribution >= 4 is 28.1 Å². The van der Waals surface area contributed by atoms with Gasteiger partial charge in [0.25, 0.3) is 0 Å². The maximum absolute atomic E-state index is 13.7. The van der Waals surface area contributed by atoms with Crippen molar-refractivity contribution in [3.8, 4) is 0 Å². The van der Waals surface area contributed by atoms with Crippen LogP contribution in [0.3, 0.4) is 0 Å². The second kappa shape index (κ2) is 11.0. The van der Waals surface area contributed by atoms with E-state index >= 15 is 0 Å². The van der Waals surface area contributed by atoms with Gasteiger partial charge in [0.15, 0.2) is 10.7 Å². The summed E-state index contributed by atoms with van der Waals surface area (Å²) in [5.41, 5.74) is 6.87. The minimum absolute atomic E-state index is 0.0619. The Kier molecular flexibility index (Phi) is 7.99. The summed E-state index contributed by atoms with van der Waals surface area (Å²) in [7, 11) is -3.90. The predicted octanol–water partition coefficient (Wildman–Crippen LogP) is 5.10. The molecule has 0 saturated carbocycles. The van der Waals surface area contributed by atoms with Gasteiger partial charge in [-0.2, -0.15) is 4.31 Å². The van der Waals surface area contributed by atoms with Crippen LogP contribution in [-0.2, 0) is 21.4 Å². The summed E-state index contributed by atoms with van der Waals surface area (Å²) >= 11 is 0. The van der Waals surface area contributed by atoms with Gasteiger partial charge in [0, 0.05) is 19.6 Å². The highest BCUT2D eigenvalue weighted by atomic mass is 32.2. The van der Waals surface area contributed by atoms with Crippen LogP contribution in [0.4, 0.5) is 0 Å². The summed E-state index contributed by atoms with van der Waals surface area (Å²) in [5, 5.41) is 6.93. The normalized spacial score (nSPS) is 16.8. The van der Waals surface area contributed by atoms with Crippen molar-refractivity contribution in [2.24, 2.45) is 5.92 Å². The summed E-state index contributed by atoms with van der Waals surface area (Å²) in [6.07, 6.45) is 4.81. The molecular weight excluding hydrogens is 486 g/mol. The Morgan fingerprint density at radius 3 is 2.41 bits per heavy atom. The lowest BCUT2D eigenvalue weighted by molar-refractivity contribution is -0.126. The lowest BCUT2D eigenvalue weighted by atomic mass is 9.98. The Bertz CT molecular complexity index is 1400. The molecule has 0 bridgehead atoms. The van der Waals surface area contributed by atoms with Gasteiger partial charge in [0.1, 0.15) is 5.69 Å². The summed E-state index contributed by atoms with van der Waals surface area (Å²) in [6, 6.07) is 12.2. The van der Waals surface area contributed by atoms with Gasteiger partial charge >= 0.3 is 0 Å². The Morgan fingerprint density at radius 1 is 1.05 bits per heavy atom. The highest BCUT2D eigenvalue weighted by molar-refractivity contribution is 7.89. The number of rotatable bonds is 7. The lowest BCUT2D eigenvalue weighted by Crippen LogP contribution is -2.45. The molecule has 2 aromatic carbocycles. The number of aryl methyl sites for hydroxylation is 5. The summed E-state index contributed by atoms with van der Waals surface area (Å²) in [6.45, 7) is 10.7. The predicted molar refractivity (Wildman–Crippen MR) is 145 cm³/mol. The molecule has 196 valence electrons. The van der Waals surface area contributed by atoms with E-state index in [1.54, 1.807) is 13.0 Å². The molecule has 1 aliphatic heterocycles. The fourth-order valence-electron chi connectivity index (χ4n) is 4.96. The number of sulfonamides is 1. The Balaban J connectivity index is 1.51. The summed E-state index contributed by atoms with van der Waals surface area (Å²) < 4.78 is 34.3. The van der Waals surface area contributed by atoms with E-state index in [0.717, 1.165) is 27.8 Å². The molecule has 2 heterocycles. The van der Waals surface area contributed by atoms with Gasteiger partial charge in [0.2, 0.25) is 15.9 Å². The number of carbonyl (C=O) groups excluding carboxylic acids is 1. The second-order valence-corrected chi connectivity index (χ2v) is 11.9. The number of nitrogens with zero attached hydrogens (tertiary/aromatic N) is 2. The number of nitrogens with one attached hydrogen (secondary N) is 1. The van der Waals surface area contributed by atoms with Crippen molar-refractivity contribution in [2.45, 2.75) is 58.9 Å². The minimum atomic E-state index is -3.90. The van der Waals surface area contributed by atoms with E-state index in [9.17, 15) is 13.2 Å². The van der Waals surface area contributed by atoms with E-state index in [-0.39, 0.29) is 23.1 Å². The first-order chi connectivity index (χ1) is 17.6. The second-order valence-electron chi connectivity index (χ2n) is 10.0. The third-order valence-corrected chi connectivity index (χ3v) is 8.94. The monoisotopic (exact) mass is 521 g/mol. The van der Waals surface area contributed by atoms with Crippen LogP contribution in [0.25, 0.3) is 12.2 Å². The maximum atomic E-state index is 13.7. The first-order valence-electron chi connectivity index (χ1n) is 12.6. The van der Waals surface area contributed by atoms with Gasteiger partial charge in [-0.1, -0.05) is 58.8 Å². The molecule has 1 aromatic heterocycles. The van der Waals surface area contributed by atoms with Crippen LogP contribution >= 0.6 is 0 Å². The molecule has 0 spiro atoms. The van der Waals surface area contributed by atoms with Gasteiger partial charge < -0.3 is 9.84 Å². The van der Waals surface area contributed by atoms with Gasteiger partial charge in [0.05, 0.1) is 5.92 Å². The van der Waals surface area contributed by atoms with Crippen molar-refractivity contribution in [2.75, 3.05) is 13.1 Å². The van der Waals surface area contributed by atoms with Crippen LogP contribution in [0.2, 0.25) is 0 Å². The number of carbonyl (C=O) groups is 1. The van der Waals surface area contributed by atoms with Gasteiger partial charge in [-0.3, -0.25) is 4.79 Å². The molecule has 0 radical (unpaired) electrons. The summed E-state index contributed by atoms with van der Waals surface area (Å²) in [4.78, 5) is 13.0. The maximum Gasteiger partial charge on any atom is 0.248 e. The van der Waals surface area contributed by atoms with Crippen LogP contribution in [0, 0.1) is 40.5 Å². The molecule has 1 saturated heterocycles. The first-order valence-corrected chi connectivity index (χ1v) is 14.1. The molecule has 7 nitrogen and oxygen atoms in total. The minimum Gasteiger partial charge on any atom is -0.355 e. The molecule has 1 amide bonds. The average molecular weight is 522 g/mol. The number of piperidine rings is 1. The Morgan fingerprint density at radius 2 is 1.73 bits per heavy atom. The van der Waals surface area contributed by atoms with Gasteiger partial charge in [-0.15, -0.1) is 0 Å². The van der Waals surface area contributed by atoms with E-state index in [2.05, 4.69) is 22.6 Å². The molecule has 1 aliphatic rings. The fourth-order valence-corrected chi connectivity index (χ4v) is 6.73. The number of hydrogen-bond acceptors (Lipinski definition) is 5. The number of hydrogen-bond donors (Lipinski definition) is 1. The quantitative estimate of drug-likeness (QED) is 0.467. The molecule has 1 atom stereocenters. The molecule has 1 unspecified atom stereocenters. The van der Waals surface area contributed by atoms with E-state index in [1.807, 2.05) is 58.0 Å². The van der Waals surface area contributed by atoms with Crippen LogP contribution in [-0.4, -0.2) is 36.9 Å². The van der Waals surface area contributed by atoms with E-state index in [0.29, 0.717) is 31.6 Å². The SMILES string of the molecule is Cc1ccc(CNC(=O)C2CCCN(S(=O)(=O)c3c(C)noc3/C=C/c3c(C)cc(C)cc3C)C2)cc1. The van der Waals surface area contributed by atoms with Crippen molar-refractivity contribution in [1.29, 1.82) is 0 Å². The largest absolute Gasteiger partial charge is 0.355 e. The smallest absolute Gasteiger partial charge is 0.248 e. The van der Waals surface area contributed by atoms with Crippen molar-refractivity contribution in [3.63, 3.8) is 0 Å². The van der Waals surface area contributed by atoms with Crippen LogP contribution in [0.5, 0.6) is 0 Å². The molecule has 37 heavy (non-hydrogen) atoms. The topological polar surface area (TPSA) is 92.5 Å². The third-order valence-electron chi connectivity index (χ3n) is 6.91. The van der Waals surface area contributed by atoms with E-state index in [1.165, 1.54) is 9.87 Å². The molecule has 8 heteroatoms. The molecule has 1 fully saturated rings. The molecular formula is C29H35N3O4S. The summed E-state index contributed by atoms with van der Waals surface area (Å²) in [5.74, 6) is -0.346. The Labute approximate surface area is 219 Å². The first kappa shape index (κ1) is 26.8. The Hall–Kier alpha value is -3.23. The number of benzene rings is 2. The number of amides is 1. The highest BCUT2D eigenvalue weighted by Gasteiger charge is 2.36. The zero-order valence-corrected chi connectivity index (χ0v) is 23.0. The van der Waals surface area contributed by atoms with Crippen LogP contribution in [0.1, 0.15) is 57.7 Å². The zero-order valence-electron chi connectivity index (χ0n) is 22.2. The fraction of sp³-hybridized carbons (Fsp3) is 0.379. The van der Waals surface area contributed by atoms with Crippen LogP contribution < -0.4 is 5.32 Å². The number of aromatic nitrogens is 1. The van der Waals surface area contributed by atoms with Gasteiger partial charge in [-0.05, 0) is 75.8 Å². The molecule has 3 aromatic rings. The van der Waals surface area contributed by atoms with Crippen molar-refractivity contribution in [1.82, 2.24) is 14.8 Å². The van der Waals surface area contributed by atoms with E-state index < -0.39 is 15.9 Å². The van der Waals surface area contributed by atoms with E-state index in [4.69, 9.17) is 4.52 Å².